The van der Waals surface area contributed by atoms with E-state index in [0.29, 0.717) is 30.7 Å². The number of benzene rings is 2. The van der Waals surface area contributed by atoms with Crippen LogP contribution in [-0.4, -0.2) is 43.7 Å². The van der Waals surface area contributed by atoms with Crippen molar-refractivity contribution in [2.45, 2.75) is 51.0 Å². The number of rotatable bonds is 5. The Morgan fingerprint density at radius 3 is 2.61 bits per heavy atom. The number of hydrogen-bond donors (Lipinski definition) is 2. The first-order chi connectivity index (χ1) is 15.7. The number of nitrogens with zero attached hydrogens (tertiary/aromatic N) is 1. The summed E-state index contributed by atoms with van der Waals surface area (Å²) in [4.78, 5) is 24.9. The van der Waals surface area contributed by atoms with Gasteiger partial charge in [0, 0.05) is 24.7 Å². The summed E-state index contributed by atoms with van der Waals surface area (Å²) < 4.78 is 33.4. The topological polar surface area (TPSA) is 105 Å². The van der Waals surface area contributed by atoms with Crippen LogP contribution in [0.25, 0.3) is 0 Å². The molecular weight excluding hydrogens is 442 g/mol. The van der Waals surface area contributed by atoms with Crippen molar-refractivity contribution in [3.05, 3.63) is 47.5 Å². The van der Waals surface area contributed by atoms with Gasteiger partial charge in [-0.15, -0.1) is 0 Å². The molecule has 1 fully saturated rings. The fourth-order valence-corrected chi connectivity index (χ4v) is 5.68. The van der Waals surface area contributed by atoms with Crippen molar-refractivity contribution < 1.29 is 22.7 Å². The summed E-state index contributed by atoms with van der Waals surface area (Å²) in [6.07, 6.45) is 0.837. The van der Waals surface area contributed by atoms with Crippen LogP contribution in [0.3, 0.4) is 0 Å². The molecule has 2 amide bonds. The van der Waals surface area contributed by atoms with Crippen LogP contribution in [0.5, 0.6) is 5.75 Å². The molecule has 0 aliphatic carbocycles. The molecule has 2 N–H and O–H groups in total. The summed E-state index contributed by atoms with van der Waals surface area (Å²) in [6, 6.07) is 10.3. The molecule has 0 radical (unpaired) electrons. The molecule has 33 heavy (non-hydrogen) atoms. The molecule has 0 bridgehead atoms. The van der Waals surface area contributed by atoms with Gasteiger partial charge < -0.3 is 15.4 Å². The molecule has 9 heteroatoms. The molecule has 0 saturated carbocycles. The smallest absolute Gasteiger partial charge is 0.265 e. The first kappa shape index (κ1) is 23.3. The average molecular weight is 472 g/mol. The minimum atomic E-state index is -3.76. The van der Waals surface area contributed by atoms with Crippen LogP contribution in [0.15, 0.2) is 41.3 Å². The van der Waals surface area contributed by atoms with E-state index < -0.39 is 16.1 Å². The summed E-state index contributed by atoms with van der Waals surface area (Å²) in [5.74, 6) is -0.157. The average Bonchev–Trinajstić information content (AvgIpc) is 2.81. The zero-order valence-electron chi connectivity index (χ0n) is 19.1. The summed E-state index contributed by atoms with van der Waals surface area (Å²) in [7, 11) is -3.76. The van der Waals surface area contributed by atoms with Gasteiger partial charge in [0.25, 0.3) is 5.91 Å². The molecule has 176 valence electrons. The number of ether oxygens (including phenoxy) is 1. The molecule has 1 atom stereocenters. The fourth-order valence-electron chi connectivity index (χ4n) is 4.19. The Kier molecular flexibility index (Phi) is 6.45. The third-order valence-electron chi connectivity index (χ3n) is 6.47. The number of carbonyl (C=O) groups is 2. The van der Waals surface area contributed by atoms with Gasteiger partial charge in [-0.05, 0) is 68.5 Å². The van der Waals surface area contributed by atoms with Crippen LogP contribution >= 0.6 is 0 Å². The number of sulfonamides is 1. The monoisotopic (exact) mass is 471 g/mol. The van der Waals surface area contributed by atoms with Gasteiger partial charge >= 0.3 is 0 Å². The number of anilines is 2. The molecule has 1 saturated heterocycles. The SMILES string of the molecule is CCC1Oc2ccc(S(=O)(=O)N3CCC(C(=O)Nc4cccc(C)c4C)CC3)cc2NC1=O. The van der Waals surface area contributed by atoms with Gasteiger partial charge in [0.15, 0.2) is 6.10 Å². The van der Waals surface area contributed by atoms with E-state index in [-0.39, 0.29) is 35.7 Å². The number of hydrogen-bond acceptors (Lipinski definition) is 5. The molecule has 2 aromatic carbocycles. The van der Waals surface area contributed by atoms with Crippen molar-refractivity contribution in [3.63, 3.8) is 0 Å². The van der Waals surface area contributed by atoms with Gasteiger partial charge in [-0.2, -0.15) is 4.31 Å². The van der Waals surface area contributed by atoms with E-state index in [9.17, 15) is 18.0 Å². The van der Waals surface area contributed by atoms with E-state index in [1.807, 2.05) is 39.0 Å². The number of nitrogens with one attached hydrogen (secondary N) is 2. The van der Waals surface area contributed by atoms with E-state index in [2.05, 4.69) is 10.6 Å². The molecular formula is C24H29N3O5S. The van der Waals surface area contributed by atoms with Crippen molar-refractivity contribution >= 4 is 33.2 Å². The molecule has 1 unspecified atom stereocenters. The molecule has 4 rings (SSSR count). The number of amides is 2. The van der Waals surface area contributed by atoms with Gasteiger partial charge in [-0.1, -0.05) is 19.1 Å². The van der Waals surface area contributed by atoms with Gasteiger partial charge in [0.05, 0.1) is 10.6 Å². The predicted molar refractivity (Wildman–Crippen MR) is 126 cm³/mol. The number of aryl methyl sites for hydroxylation is 1. The van der Waals surface area contributed by atoms with E-state index in [4.69, 9.17) is 4.74 Å². The molecule has 8 nitrogen and oxygen atoms in total. The van der Waals surface area contributed by atoms with Crippen molar-refractivity contribution in [1.82, 2.24) is 4.31 Å². The third-order valence-corrected chi connectivity index (χ3v) is 8.36. The third kappa shape index (κ3) is 4.60. The normalized spacial score (nSPS) is 19.4. The highest BCUT2D eigenvalue weighted by Gasteiger charge is 2.34. The van der Waals surface area contributed by atoms with Crippen LogP contribution in [0.1, 0.15) is 37.3 Å². The van der Waals surface area contributed by atoms with Crippen LogP contribution in [0.4, 0.5) is 11.4 Å². The van der Waals surface area contributed by atoms with Crippen molar-refractivity contribution in [1.29, 1.82) is 0 Å². The standard InChI is InChI=1S/C24H29N3O5S/c1-4-21-24(29)26-20-14-18(8-9-22(20)32-21)33(30,31)27-12-10-17(11-13-27)23(28)25-19-7-5-6-15(2)16(19)3/h5-9,14,17,21H,4,10-13H2,1-3H3,(H,25,28)(H,26,29). The maximum absolute atomic E-state index is 13.2. The largest absolute Gasteiger partial charge is 0.478 e. The molecule has 2 aliphatic heterocycles. The second-order valence-corrected chi connectivity index (χ2v) is 10.5. The van der Waals surface area contributed by atoms with Gasteiger partial charge in [0.1, 0.15) is 5.75 Å². The van der Waals surface area contributed by atoms with E-state index in [1.54, 1.807) is 6.07 Å². The molecule has 0 spiro atoms. The van der Waals surface area contributed by atoms with Crippen molar-refractivity contribution in [2.75, 3.05) is 23.7 Å². The van der Waals surface area contributed by atoms with Crippen LogP contribution in [0, 0.1) is 19.8 Å². The Balaban J connectivity index is 1.42. The lowest BCUT2D eigenvalue weighted by Crippen LogP contribution is -2.41. The Morgan fingerprint density at radius 1 is 1.18 bits per heavy atom. The highest BCUT2D eigenvalue weighted by atomic mass is 32.2. The van der Waals surface area contributed by atoms with Crippen molar-refractivity contribution in [2.24, 2.45) is 5.92 Å². The minimum Gasteiger partial charge on any atom is -0.478 e. The quantitative estimate of drug-likeness (QED) is 0.695. The molecule has 2 heterocycles. The lowest BCUT2D eigenvalue weighted by molar-refractivity contribution is -0.123. The molecule has 0 aromatic heterocycles. The van der Waals surface area contributed by atoms with Gasteiger partial charge in [-0.25, -0.2) is 8.42 Å². The number of piperidine rings is 1. The minimum absolute atomic E-state index is 0.0835. The highest BCUT2D eigenvalue weighted by molar-refractivity contribution is 7.89. The zero-order chi connectivity index (χ0) is 23.8. The Morgan fingerprint density at radius 2 is 1.91 bits per heavy atom. The fraction of sp³-hybridized carbons (Fsp3) is 0.417. The summed E-state index contributed by atoms with van der Waals surface area (Å²) in [6.45, 7) is 6.32. The van der Waals surface area contributed by atoms with Crippen LogP contribution < -0.4 is 15.4 Å². The van der Waals surface area contributed by atoms with E-state index >= 15 is 0 Å². The Hall–Kier alpha value is -2.91. The lowest BCUT2D eigenvalue weighted by Gasteiger charge is -2.31. The Bertz CT molecular complexity index is 1190. The van der Waals surface area contributed by atoms with Crippen LogP contribution in [-0.2, 0) is 19.6 Å². The van der Waals surface area contributed by atoms with Gasteiger partial charge in [0.2, 0.25) is 15.9 Å². The van der Waals surface area contributed by atoms with E-state index in [0.717, 1.165) is 16.8 Å². The van der Waals surface area contributed by atoms with Crippen molar-refractivity contribution in [3.8, 4) is 5.75 Å². The molecule has 2 aliphatic rings. The summed E-state index contributed by atoms with van der Waals surface area (Å²) in [5.41, 5.74) is 3.28. The molecule has 2 aromatic rings. The number of carbonyl (C=O) groups excluding carboxylic acids is 2. The van der Waals surface area contributed by atoms with E-state index in [1.165, 1.54) is 16.4 Å². The summed E-state index contributed by atoms with van der Waals surface area (Å²) >= 11 is 0. The maximum Gasteiger partial charge on any atom is 0.265 e. The summed E-state index contributed by atoms with van der Waals surface area (Å²) in [5, 5.41) is 5.72. The van der Waals surface area contributed by atoms with Crippen LogP contribution in [0.2, 0.25) is 0 Å². The van der Waals surface area contributed by atoms with Gasteiger partial charge in [-0.3, -0.25) is 9.59 Å². The second-order valence-electron chi connectivity index (χ2n) is 8.58. The predicted octanol–water partition coefficient (Wildman–Crippen LogP) is 3.45. The zero-order valence-corrected chi connectivity index (χ0v) is 19.9. The maximum atomic E-state index is 13.2. The highest BCUT2D eigenvalue weighted by Crippen LogP contribution is 2.34. The first-order valence-electron chi connectivity index (χ1n) is 11.2. The Labute approximate surface area is 194 Å². The number of fused-ring (bicyclic) bond motifs is 1. The second kappa shape index (κ2) is 9.15. The lowest BCUT2D eigenvalue weighted by atomic mass is 9.97. The first-order valence-corrected chi connectivity index (χ1v) is 12.6.